The van der Waals surface area contributed by atoms with Crippen LogP contribution >= 0.6 is 0 Å². The number of hydrogen-bond acceptors (Lipinski definition) is 5. The average molecular weight is 717 g/mol. The summed E-state index contributed by atoms with van der Waals surface area (Å²) in [6.45, 7) is 27.2. The van der Waals surface area contributed by atoms with E-state index in [1.54, 1.807) is 0 Å². The number of unbranched alkanes of at least 4 members (excludes halogenated alkanes) is 4. The first kappa shape index (κ1) is 42.6. The minimum Gasteiger partial charge on any atom is -0.411 e. The molecule has 5 nitrogen and oxygen atoms in total. The number of hydrogen-bond donors (Lipinski definition) is 0. The third-order valence-corrected chi connectivity index (χ3v) is 20.8. The maximum atomic E-state index is 7.11. The van der Waals surface area contributed by atoms with Crippen LogP contribution in [0.1, 0.15) is 138 Å². The van der Waals surface area contributed by atoms with Crippen LogP contribution < -0.4 is 0 Å². The van der Waals surface area contributed by atoms with Crippen LogP contribution in [0.25, 0.3) is 0 Å². The quantitative estimate of drug-likeness (QED) is 0.0720. The Morgan fingerprint density at radius 2 is 1.22 bits per heavy atom. The third-order valence-electron chi connectivity index (χ3n) is 11.8. The Hall–Kier alpha value is -0.806. The normalized spacial score (nSPS) is 23.8. The van der Waals surface area contributed by atoms with E-state index in [1.165, 1.54) is 37.7 Å². The van der Waals surface area contributed by atoms with Crippen LogP contribution in [0.3, 0.4) is 0 Å². The molecule has 0 aliphatic carbocycles. The molecule has 2 aliphatic rings. The van der Waals surface area contributed by atoms with Gasteiger partial charge >= 0.3 is 0 Å². The van der Waals surface area contributed by atoms with Crippen molar-refractivity contribution in [2.75, 3.05) is 6.61 Å². The zero-order chi connectivity index (χ0) is 36.1. The van der Waals surface area contributed by atoms with E-state index in [9.17, 15) is 0 Å². The third kappa shape index (κ3) is 13.9. The lowest BCUT2D eigenvalue weighted by molar-refractivity contribution is -0.107. The van der Waals surface area contributed by atoms with E-state index in [4.69, 9.17) is 23.1 Å². The van der Waals surface area contributed by atoms with Gasteiger partial charge in [-0.05, 0) is 106 Å². The lowest BCUT2D eigenvalue weighted by Crippen LogP contribution is -2.47. The van der Waals surface area contributed by atoms with Crippen molar-refractivity contribution in [2.24, 2.45) is 0 Å². The van der Waals surface area contributed by atoms with Gasteiger partial charge in [-0.1, -0.05) is 110 Å². The van der Waals surface area contributed by atoms with Gasteiger partial charge in [-0.15, -0.1) is 0 Å². The van der Waals surface area contributed by atoms with Crippen molar-refractivity contribution in [1.82, 2.24) is 0 Å². The largest absolute Gasteiger partial charge is 0.411 e. The highest BCUT2D eigenvalue weighted by atomic mass is 28.4. The van der Waals surface area contributed by atoms with E-state index < -0.39 is 16.6 Å². The van der Waals surface area contributed by atoms with Crippen molar-refractivity contribution < 1.29 is 23.1 Å². The van der Waals surface area contributed by atoms with Crippen LogP contribution in [0.5, 0.6) is 0 Å². The van der Waals surface area contributed by atoms with Crippen molar-refractivity contribution in [1.29, 1.82) is 0 Å². The molecule has 2 fully saturated rings. The van der Waals surface area contributed by atoms with Crippen LogP contribution in [0.2, 0.25) is 36.3 Å². The molecule has 3 rings (SSSR count). The van der Waals surface area contributed by atoms with Gasteiger partial charge in [0.25, 0.3) is 0 Å². The van der Waals surface area contributed by atoms with Gasteiger partial charge in [0, 0.05) is 6.61 Å². The molecule has 0 spiro atoms. The monoisotopic (exact) mass is 717 g/mol. The highest BCUT2D eigenvalue weighted by Gasteiger charge is 2.46. The first-order chi connectivity index (χ1) is 23.0. The smallest absolute Gasteiger partial charge is 0.192 e. The van der Waals surface area contributed by atoms with Crippen molar-refractivity contribution in [2.45, 2.75) is 211 Å². The summed E-state index contributed by atoms with van der Waals surface area (Å²) in [5, 5.41) is 0.324. The molecule has 0 bridgehead atoms. The number of rotatable bonds is 21. The van der Waals surface area contributed by atoms with Crippen LogP contribution in [0.15, 0.2) is 42.5 Å². The Labute approximate surface area is 304 Å². The van der Waals surface area contributed by atoms with E-state index in [0.717, 1.165) is 58.0 Å². The van der Waals surface area contributed by atoms with Crippen molar-refractivity contribution in [3.8, 4) is 0 Å². The molecule has 0 aromatic heterocycles. The lowest BCUT2D eigenvalue weighted by atomic mass is 10.0. The Balaban J connectivity index is 1.59. The number of ether oxygens (including phenoxy) is 3. The van der Waals surface area contributed by atoms with Gasteiger partial charge in [0.15, 0.2) is 16.6 Å². The second kappa shape index (κ2) is 19.9. The summed E-state index contributed by atoms with van der Waals surface area (Å²) < 4.78 is 34.1. The van der Waals surface area contributed by atoms with Crippen LogP contribution in [0, 0.1) is 0 Å². The lowest BCUT2D eigenvalue weighted by Gasteiger charge is -2.41. The van der Waals surface area contributed by atoms with Gasteiger partial charge in [0.05, 0.1) is 43.2 Å². The summed E-state index contributed by atoms with van der Waals surface area (Å²) in [7, 11) is -3.91. The molecule has 1 aromatic carbocycles. The minimum atomic E-state index is -1.97. The van der Waals surface area contributed by atoms with Crippen LogP contribution in [-0.2, 0) is 29.7 Å². The Morgan fingerprint density at radius 3 is 1.76 bits per heavy atom. The highest BCUT2D eigenvalue weighted by molar-refractivity contribution is 6.74. The summed E-state index contributed by atoms with van der Waals surface area (Å²) >= 11 is 0. The Kier molecular flexibility index (Phi) is 17.3. The highest BCUT2D eigenvalue weighted by Crippen LogP contribution is 2.42. The molecule has 2 heterocycles. The minimum absolute atomic E-state index is 0.0897. The molecule has 282 valence electrons. The fourth-order valence-electron chi connectivity index (χ4n) is 6.56. The molecule has 2 aliphatic heterocycles. The summed E-state index contributed by atoms with van der Waals surface area (Å²) in [5.41, 5.74) is 1.22. The molecule has 0 saturated carbocycles. The maximum Gasteiger partial charge on any atom is 0.192 e. The molecule has 49 heavy (non-hydrogen) atoms. The molecular weight excluding hydrogens is 641 g/mol. The van der Waals surface area contributed by atoms with Crippen LogP contribution in [-0.4, -0.2) is 59.9 Å². The predicted molar refractivity (Wildman–Crippen MR) is 212 cm³/mol. The van der Waals surface area contributed by atoms with E-state index >= 15 is 0 Å². The van der Waals surface area contributed by atoms with E-state index in [2.05, 4.69) is 117 Å². The predicted octanol–water partition coefficient (Wildman–Crippen LogP) is 12.2. The zero-order valence-electron chi connectivity index (χ0n) is 33.7. The molecule has 1 aromatic rings. The fourth-order valence-corrected chi connectivity index (χ4v) is 9.32. The van der Waals surface area contributed by atoms with E-state index in [0.29, 0.717) is 6.61 Å². The molecule has 2 saturated heterocycles. The summed E-state index contributed by atoms with van der Waals surface area (Å²) in [6.07, 6.45) is 20.2. The topological polar surface area (TPSA) is 46.2 Å². The second-order valence-corrected chi connectivity index (χ2v) is 27.5. The van der Waals surface area contributed by atoms with Crippen molar-refractivity contribution in [3.63, 3.8) is 0 Å². The van der Waals surface area contributed by atoms with Gasteiger partial charge in [-0.2, -0.15) is 0 Å². The Bertz CT molecular complexity index is 1080. The molecule has 0 amide bonds. The molecule has 0 N–H and O–H groups in total. The summed E-state index contributed by atoms with van der Waals surface area (Å²) in [4.78, 5) is 0. The summed E-state index contributed by atoms with van der Waals surface area (Å²) in [5.74, 6) is 0. The first-order valence-corrected chi connectivity index (χ1v) is 25.8. The second-order valence-electron chi connectivity index (χ2n) is 18.0. The Morgan fingerprint density at radius 1 is 0.694 bits per heavy atom. The van der Waals surface area contributed by atoms with Crippen molar-refractivity contribution >= 4 is 16.6 Å². The molecule has 6 atom stereocenters. The van der Waals surface area contributed by atoms with Crippen molar-refractivity contribution in [3.05, 3.63) is 48.0 Å². The molecular formula is C42H76O5Si2. The average Bonchev–Trinajstić information content (AvgIpc) is 3.71. The van der Waals surface area contributed by atoms with Gasteiger partial charge in [0.1, 0.15) is 0 Å². The maximum absolute atomic E-state index is 7.11. The van der Waals surface area contributed by atoms with Gasteiger partial charge in [0.2, 0.25) is 0 Å². The standard InChI is InChI=1S/C42H76O5Si2/c1-12-13-14-15-16-17-18-22-26-39(46-48(8,9)41(2,3)4)37-30-28-35(44-37)36-29-31-38(45-36)40(47-49(10,11)42(5,6)7)27-23-32-43-33-34-24-20-19-21-25-34/h17-21,24-25,35-40H,12-16,22-23,26-33H2,1-11H3/b18-17+/t35-,36-,37-,38+,39+,40+/m0/s1. The zero-order valence-corrected chi connectivity index (χ0v) is 35.7. The SMILES string of the molecule is CCCCCC/C=C/CC[C@@H](O[Si](C)(C)C(C)(C)C)[C@@H]1CC[C@@H]([C@@H]2CC[C@H]([C@@H](CCCOCc3ccccc3)O[Si](C)(C)C(C)(C)C)O2)O1. The van der Waals surface area contributed by atoms with Gasteiger partial charge in [-0.3, -0.25) is 0 Å². The molecule has 0 unspecified atom stereocenters. The van der Waals surface area contributed by atoms with Gasteiger partial charge < -0.3 is 23.1 Å². The van der Waals surface area contributed by atoms with E-state index in [1.807, 2.05) is 0 Å². The molecule has 7 heteroatoms. The fraction of sp³-hybridized carbons (Fsp3) is 0.810. The van der Waals surface area contributed by atoms with Gasteiger partial charge in [-0.25, -0.2) is 0 Å². The summed E-state index contributed by atoms with van der Waals surface area (Å²) in [6, 6.07) is 10.4. The van der Waals surface area contributed by atoms with E-state index in [-0.39, 0.29) is 46.7 Å². The number of benzene rings is 1. The number of allylic oxidation sites excluding steroid dienone is 2. The molecule has 0 radical (unpaired) electrons. The van der Waals surface area contributed by atoms with Crippen LogP contribution in [0.4, 0.5) is 0 Å². The first-order valence-electron chi connectivity index (χ1n) is 20.0.